The van der Waals surface area contributed by atoms with Gasteiger partial charge in [-0.25, -0.2) is 8.42 Å². The molecule has 3 nitrogen and oxygen atoms in total. The zero-order valence-electron chi connectivity index (χ0n) is 10.5. The van der Waals surface area contributed by atoms with E-state index < -0.39 is 9.84 Å². The number of hydrogen-bond donors (Lipinski definition) is 1. The average molecular weight is 255 g/mol. The van der Waals surface area contributed by atoms with Gasteiger partial charge in [0.2, 0.25) is 0 Å². The first-order chi connectivity index (χ1) is 7.99. The third-order valence-corrected chi connectivity index (χ3v) is 4.71. The Labute approximate surface area is 104 Å². The van der Waals surface area contributed by atoms with Crippen molar-refractivity contribution in [2.45, 2.75) is 44.0 Å². The van der Waals surface area contributed by atoms with Gasteiger partial charge in [0, 0.05) is 6.04 Å². The summed E-state index contributed by atoms with van der Waals surface area (Å²) in [5.41, 5.74) is 6.95. The molecule has 0 bridgehead atoms. The van der Waals surface area contributed by atoms with E-state index in [0.29, 0.717) is 11.3 Å². The van der Waals surface area contributed by atoms with Gasteiger partial charge in [-0.1, -0.05) is 26.0 Å². The molecule has 0 fully saturated rings. The highest BCUT2D eigenvalue weighted by molar-refractivity contribution is 7.91. The Morgan fingerprint density at radius 1 is 1.18 bits per heavy atom. The van der Waals surface area contributed by atoms with E-state index in [4.69, 9.17) is 5.73 Å². The van der Waals surface area contributed by atoms with Crippen LogP contribution in [0.2, 0.25) is 0 Å². The molecule has 0 radical (unpaired) electrons. The van der Waals surface area contributed by atoms with Gasteiger partial charge in [0.05, 0.1) is 10.6 Å². The molecule has 2 N–H and O–H groups in total. The van der Waals surface area contributed by atoms with Gasteiger partial charge < -0.3 is 5.73 Å². The van der Waals surface area contributed by atoms with Crippen LogP contribution in [-0.4, -0.2) is 20.2 Å². The maximum Gasteiger partial charge on any atom is 0.178 e. The molecule has 4 heteroatoms. The van der Waals surface area contributed by atoms with Crippen LogP contribution in [-0.2, 0) is 16.3 Å². The summed E-state index contributed by atoms with van der Waals surface area (Å²) >= 11 is 0. The first-order valence-corrected chi connectivity index (χ1v) is 7.72. The van der Waals surface area contributed by atoms with Crippen molar-refractivity contribution in [2.24, 2.45) is 5.73 Å². The number of rotatable bonds is 6. The van der Waals surface area contributed by atoms with Crippen LogP contribution >= 0.6 is 0 Å². The van der Waals surface area contributed by atoms with Crippen molar-refractivity contribution in [3.63, 3.8) is 0 Å². The molecule has 1 aromatic carbocycles. The molecule has 17 heavy (non-hydrogen) atoms. The SMILES string of the molecule is CCCS(=O)(=O)c1ccc(CC(N)CC)cc1. The van der Waals surface area contributed by atoms with Gasteiger partial charge in [-0.3, -0.25) is 0 Å². The van der Waals surface area contributed by atoms with E-state index in [2.05, 4.69) is 0 Å². The van der Waals surface area contributed by atoms with Crippen LogP contribution < -0.4 is 5.73 Å². The summed E-state index contributed by atoms with van der Waals surface area (Å²) in [5.74, 6) is 0.209. The molecule has 0 heterocycles. The van der Waals surface area contributed by atoms with Crippen LogP contribution in [0.4, 0.5) is 0 Å². The minimum Gasteiger partial charge on any atom is -0.327 e. The minimum absolute atomic E-state index is 0.146. The molecule has 96 valence electrons. The minimum atomic E-state index is -3.09. The Kier molecular flexibility index (Phi) is 5.15. The lowest BCUT2D eigenvalue weighted by atomic mass is 10.1. The van der Waals surface area contributed by atoms with Crippen LogP contribution in [0.25, 0.3) is 0 Å². The predicted molar refractivity (Wildman–Crippen MR) is 70.8 cm³/mol. The van der Waals surface area contributed by atoms with Gasteiger partial charge in [0.1, 0.15) is 0 Å². The fraction of sp³-hybridized carbons (Fsp3) is 0.538. The molecule has 0 aliphatic heterocycles. The zero-order chi connectivity index (χ0) is 12.9. The Bertz CT molecular complexity index is 437. The third kappa shape index (κ3) is 4.13. The average Bonchev–Trinajstić information content (AvgIpc) is 2.29. The molecule has 0 aliphatic carbocycles. The summed E-state index contributed by atoms with van der Waals surface area (Å²) in [5, 5.41) is 0. The third-order valence-electron chi connectivity index (χ3n) is 2.78. The molecule has 0 saturated heterocycles. The highest BCUT2D eigenvalue weighted by atomic mass is 32.2. The molecule has 0 amide bonds. The van der Waals surface area contributed by atoms with Gasteiger partial charge in [-0.2, -0.15) is 0 Å². The zero-order valence-corrected chi connectivity index (χ0v) is 11.3. The number of sulfone groups is 1. The molecule has 0 saturated carbocycles. The topological polar surface area (TPSA) is 60.2 Å². The molecule has 0 spiro atoms. The second kappa shape index (κ2) is 6.17. The van der Waals surface area contributed by atoms with Crippen LogP contribution in [0.3, 0.4) is 0 Å². The summed E-state index contributed by atoms with van der Waals surface area (Å²) in [6.07, 6.45) is 2.37. The Hall–Kier alpha value is -0.870. The molecule has 1 atom stereocenters. The second-order valence-electron chi connectivity index (χ2n) is 4.34. The first kappa shape index (κ1) is 14.2. The Morgan fingerprint density at radius 3 is 2.24 bits per heavy atom. The highest BCUT2D eigenvalue weighted by Gasteiger charge is 2.12. The van der Waals surface area contributed by atoms with E-state index in [1.165, 1.54) is 0 Å². The summed E-state index contributed by atoms with van der Waals surface area (Å²) in [6, 6.07) is 7.23. The Morgan fingerprint density at radius 2 is 1.76 bits per heavy atom. The van der Waals surface area contributed by atoms with Crippen LogP contribution in [0.1, 0.15) is 32.3 Å². The largest absolute Gasteiger partial charge is 0.327 e. The summed E-state index contributed by atoms with van der Waals surface area (Å²) < 4.78 is 23.6. The van der Waals surface area contributed by atoms with E-state index in [0.717, 1.165) is 18.4 Å². The number of benzene rings is 1. The molecule has 0 aliphatic rings. The molecular formula is C13H21NO2S. The van der Waals surface area contributed by atoms with Crippen molar-refractivity contribution in [1.29, 1.82) is 0 Å². The van der Waals surface area contributed by atoms with Gasteiger partial charge in [-0.15, -0.1) is 0 Å². The van der Waals surface area contributed by atoms with Crippen molar-refractivity contribution < 1.29 is 8.42 Å². The van der Waals surface area contributed by atoms with Gasteiger partial charge in [-0.05, 0) is 37.0 Å². The molecule has 1 aromatic rings. The van der Waals surface area contributed by atoms with Crippen molar-refractivity contribution in [3.8, 4) is 0 Å². The smallest absolute Gasteiger partial charge is 0.178 e. The van der Waals surface area contributed by atoms with E-state index >= 15 is 0 Å². The number of hydrogen-bond acceptors (Lipinski definition) is 3. The van der Waals surface area contributed by atoms with Crippen molar-refractivity contribution in [3.05, 3.63) is 29.8 Å². The second-order valence-corrected chi connectivity index (χ2v) is 6.44. The summed E-state index contributed by atoms with van der Waals surface area (Å²) in [6.45, 7) is 3.91. The lowest BCUT2D eigenvalue weighted by Gasteiger charge is -2.09. The van der Waals surface area contributed by atoms with Crippen LogP contribution in [0, 0.1) is 0 Å². The van der Waals surface area contributed by atoms with E-state index in [1.54, 1.807) is 12.1 Å². The van der Waals surface area contributed by atoms with Crippen molar-refractivity contribution >= 4 is 9.84 Å². The predicted octanol–water partition coefficient (Wildman–Crippen LogP) is 2.15. The fourth-order valence-electron chi connectivity index (χ4n) is 1.67. The van der Waals surface area contributed by atoms with Crippen molar-refractivity contribution in [2.75, 3.05) is 5.75 Å². The molecule has 1 rings (SSSR count). The lowest BCUT2D eigenvalue weighted by molar-refractivity contribution is 0.594. The van der Waals surface area contributed by atoms with Crippen LogP contribution in [0.15, 0.2) is 29.2 Å². The van der Waals surface area contributed by atoms with E-state index in [-0.39, 0.29) is 11.8 Å². The molecular weight excluding hydrogens is 234 g/mol. The normalized spacial score (nSPS) is 13.6. The monoisotopic (exact) mass is 255 g/mol. The first-order valence-electron chi connectivity index (χ1n) is 6.07. The van der Waals surface area contributed by atoms with Crippen molar-refractivity contribution in [1.82, 2.24) is 0 Å². The highest BCUT2D eigenvalue weighted by Crippen LogP contribution is 2.14. The quantitative estimate of drug-likeness (QED) is 0.847. The molecule has 0 aromatic heterocycles. The van der Waals surface area contributed by atoms with Gasteiger partial charge in [0.15, 0.2) is 9.84 Å². The van der Waals surface area contributed by atoms with Gasteiger partial charge in [0.25, 0.3) is 0 Å². The van der Waals surface area contributed by atoms with Crippen LogP contribution in [0.5, 0.6) is 0 Å². The van der Waals surface area contributed by atoms with E-state index in [1.807, 2.05) is 26.0 Å². The lowest BCUT2D eigenvalue weighted by Crippen LogP contribution is -2.21. The molecule has 1 unspecified atom stereocenters. The van der Waals surface area contributed by atoms with Gasteiger partial charge >= 0.3 is 0 Å². The fourth-order valence-corrected chi connectivity index (χ4v) is 2.99. The maximum atomic E-state index is 11.8. The summed E-state index contributed by atoms with van der Waals surface area (Å²) in [7, 11) is -3.09. The van der Waals surface area contributed by atoms with E-state index in [9.17, 15) is 8.42 Å². The summed E-state index contributed by atoms with van der Waals surface area (Å²) in [4.78, 5) is 0.410. The standard InChI is InChI=1S/C13H21NO2S/c1-3-9-17(15,16)13-7-5-11(6-8-13)10-12(14)4-2/h5-8,12H,3-4,9-10,14H2,1-2H3. The number of nitrogens with two attached hydrogens (primary N) is 1. The Balaban J connectivity index is 2.81. The maximum absolute atomic E-state index is 11.8.